The minimum Gasteiger partial charge on any atom is -0.463 e. The van der Waals surface area contributed by atoms with Crippen molar-refractivity contribution in [2.24, 2.45) is 0 Å². The van der Waals surface area contributed by atoms with E-state index in [2.05, 4.69) is 0 Å². The molecule has 0 N–H and O–H groups in total. The standard InChI is InChI=1S/C13H14O5/c1-8(2)18-13(15)6-10(14)9-3-4-11-12(5-9)17-7-16-11/h3-5,8H,6-7H2,1-2H3. The molecule has 1 aromatic carbocycles. The molecule has 0 unspecified atom stereocenters. The highest BCUT2D eigenvalue weighted by molar-refractivity contribution is 6.06. The summed E-state index contributed by atoms with van der Waals surface area (Å²) >= 11 is 0. The SMILES string of the molecule is CC(C)OC(=O)CC(=O)c1ccc2c(c1)OCO2. The second kappa shape index (κ2) is 5.08. The van der Waals surface area contributed by atoms with Gasteiger partial charge in [0.1, 0.15) is 6.42 Å². The molecule has 0 saturated carbocycles. The van der Waals surface area contributed by atoms with Gasteiger partial charge in [-0.2, -0.15) is 0 Å². The molecule has 0 amide bonds. The van der Waals surface area contributed by atoms with Gasteiger partial charge in [0.25, 0.3) is 0 Å². The molecule has 0 spiro atoms. The minimum atomic E-state index is -0.521. The van der Waals surface area contributed by atoms with Gasteiger partial charge in [0.15, 0.2) is 17.3 Å². The van der Waals surface area contributed by atoms with Crippen LogP contribution in [0.2, 0.25) is 0 Å². The van der Waals surface area contributed by atoms with E-state index in [4.69, 9.17) is 14.2 Å². The fourth-order valence-corrected chi connectivity index (χ4v) is 1.61. The van der Waals surface area contributed by atoms with Crippen molar-refractivity contribution in [3.05, 3.63) is 23.8 Å². The first-order valence-corrected chi connectivity index (χ1v) is 5.68. The van der Waals surface area contributed by atoms with Crippen LogP contribution in [-0.4, -0.2) is 24.6 Å². The lowest BCUT2D eigenvalue weighted by molar-refractivity contribution is -0.146. The fourth-order valence-electron chi connectivity index (χ4n) is 1.61. The molecule has 96 valence electrons. The van der Waals surface area contributed by atoms with Gasteiger partial charge in [-0.25, -0.2) is 0 Å². The summed E-state index contributed by atoms with van der Waals surface area (Å²) in [5.74, 6) is 0.320. The Labute approximate surface area is 105 Å². The number of Topliss-reactive ketones (excluding diaryl/α,β-unsaturated/α-hetero) is 1. The van der Waals surface area contributed by atoms with Gasteiger partial charge in [-0.15, -0.1) is 0 Å². The number of hydrogen-bond acceptors (Lipinski definition) is 5. The molecule has 1 heterocycles. The topological polar surface area (TPSA) is 61.8 Å². The van der Waals surface area contributed by atoms with Crippen LogP contribution < -0.4 is 9.47 Å². The first kappa shape index (κ1) is 12.4. The van der Waals surface area contributed by atoms with E-state index in [9.17, 15) is 9.59 Å². The van der Waals surface area contributed by atoms with Gasteiger partial charge in [-0.3, -0.25) is 9.59 Å². The molecule has 0 aliphatic carbocycles. The van der Waals surface area contributed by atoms with Crippen molar-refractivity contribution in [3.8, 4) is 11.5 Å². The first-order valence-electron chi connectivity index (χ1n) is 5.68. The predicted molar refractivity (Wildman–Crippen MR) is 62.7 cm³/mol. The third-order valence-electron chi connectivity index (χ3n) is 2.37. The molecule has 18 heavy (non-hydrogen) atoms. The molecule has 5 nitrogen and oxygen atoms in total. The zero-order valence-corrected chi connectivity index (χ0v) is 10.3. The Morgan fingerprint density at radius 1 is 1.28 bits per heavy atom. The molecule has 0 saturated heterocycles. The van der Waals surface area contributed by atoms with Gasteiger partial charge in [0.2, 0.25) is 6.79 Å². The third kappa shape index (κ3) is 2.80. The molecule has 0 atom stereocenters. The highest BCUT2D eigenvalue weighted by Crippen LogP contribution is 2.32. The Morgan fingerprint density at radius 3 is 2.72 bits per heavy atom. The third-order valence-corrected chi connectivity index (χ3v) is 2.37. The molecular weight excluding hydrogens is 236 g/mol. The number of ketones is 1. The lowest BCUT2D eigenvalue weighted by Gasteiger charge is -2.07. The van der Waals surface area contributed by atoms with Crippen molar-refractivity contribution < 1.29 is 23.8 Å². The Balaban J connectivity index is 2.03. The summed E-state index contributed by atoms with van der Waals surface area (Å²) in [4.78, 5) is 23.2. The van der Waals surface area contributed by atoms with Gasteiger partial charge in [0, 0.05) is 5.56 Å². The number of rotatable bonds is 4. The molecule has 0 aromatic heterocycles. The number of ether oxygens (including phenoxy) is 3. The monoisotopic (exact) mass is 250 g/mol. The number of carbonyl (C=O) groups excluding carboxylic acids is 2. The normalized spacial score (nSPS) is 12.6. The molecular formula is C13H14O5. The largest absolute Gasteiger partial charge is 0.463 e. The molecule has 2 rings (SSSR count). The molecule has 1 aromatic rings. The van der Waals surface area contributed by atoms with E-state index in [1.54, 1.807) is 32.0 Å². The van der Waals surface area contributed by atoms with Gasteiger partial charge in [-0.05, 0) is 32.0 Å². The summed E-state index contributed by atoms with van der Waals surface area (Å²) in [5.41, 5.74) is 0.417. The number of carbonyl (C=O) groups is 2. The maximum absolute atomic E-state index is 11.8. The lowest BCUT2D eigenvalue weighted by Crippen LogP contribution is -2.15. The summed E-state index contributed by atoms with van der Waals surface area (Å²) in [6.07, 6.45) is -0.486. The van der Waals surface area contributed by atoms with Crippen molar-refractivity contribution in [2.45, 2.75) is 26.4 Å². The maximum atomic E-state index is 11.8. The Kier molecular flexibility index (Phi) is 3.50. The predicted octanol–water partition coefficient (Wildman–Crippen LogP) is 1.94. The van der Waals surface area contributed by atoms with Crippen LogP contribution in [0.4, 0.5) is 0 Å². The molecule has 1 aliphatic rings. The number of hydrogen-bond donors (Lipinski definition) is 0. The average molecular weight is 250 g/mol. The fraction of sp³-hybridized carbons (Fsp3) is 0.385. The molecule has 0 fully saturated rings. The second-order valence-electron chi connectivity index (χ2n) is 4.21. The number of benzene rings is 1. The van der Waals surface area contributed by atoms with Crippen LogP contribution in [0.3, 0.4) is 0 Å². The minimum absolute atomic E-state index is 0.155. The maximum Gasteiger partial charge on any atom is 0.313 e. The molecule has 0 radical (unpaired) electrons. The number of esters is 1. The molecule has 1 aliphatic heterocycles. The average Bonchev–Trinajstić information content (AvgIpc) is 2.74. The summed E-state index contributed by atoms with van der Waals surface area (Å²) in [6, 6.07) is 4.84. The van der Waals surface area contributed by atoms with Gasteiger partial charge in [0.05, 0.1) is 6.10 Å². The van der Waals surface area contributed by atoms with E-state index in [1.807, 2.05) is 0 Å². The zero-order valence-electron chi connectivity index (χ0n) is 10.3. The smallest absolute Gasteiger partial charge is 0.313 e. The lowest BCUT2D eigenvalue weighted by atomic mass is 10.1. The van der Waals surface area contributed by atoms with Crippen molar-refractivity contribution in [1.29, 1.82) is 0 Å². The summed E-state index contributed by atoms with van der Waals surface area (Å²) in [7, 11) is 0. The van der Waals surface area contributed by atoms with Crippen LogP contribution >= 0.6 is 0 Å². The Morgan fingerprint density at radius 2 is 2.00 bits per heavy atom. The summed E-state index contributed by atoms with van der Waals surface area (Å²) in [6.45, 7) is 3.63. The highest BCUT2D eigenvalue weighted by atomic mass is 16.7. The van der Waals surface area contributed by atoms with Crippen molar-refractivity contribution in [3.63, 3.8) is 0 Å². The van der Waals surface area contributed by atoms with Crippen LogP contribution in [0.5, 0.6) is 11.5 Å². The highest BCUT2D eigenvalue weighted by Gasteiger charge is 2.18. The van der Waals surface area contributed by atoms with Crippen LogP contribution in [0.25, 0.3) is 0 Å². The first-order chi connectivity index (χ1) is 8.56. The van der Waals surface area contributed by atoms with Crippen molar-refractivity contribution in [1.82, 2.24) is 0 Å². The van der Waals surface area contributed by atoms with Crippen LogP contribution in [0.1, 0.15) is 30.6 Å². The molecule has 5 heteroatoms. The van der Waals surface area contributed by atoms with Gasteiger partial charge < -0.3 is 14.2 Å². The van der Waals surface area contributed by atoms with E-state index in [0.717, 1.165) is 0 Å². The summed E-state index contributed by atoms with van der Waals surface area (Å²) < 4.78 is 15.2. The second-order valence-corrected chi connectivity index (χ2v) is 4.21. The van der Waals surface area contributed by atoms with Crippen LogP contribution in [0.15, 0.2) is 18.2 Å². The molecule has 0 bridgehead atoms. The van der Waals surface area contributed by atoms with E-state index in [-0.39, 0.29) is 25.1 Å². The Bertz CT molecular complexity index is 478. The van der Waals surface area contributed by atoms with Crippen LogP contribution in [-0.2, 0) is 9.53 Å². The van der Waals surface area contributed by atoms with E-state index < -0.39 is 5.97 Å². The summed E-state index contributed by atoms with van der Waals surface area (Å²) in [5, 5.41) is 0. The Hall–Kier alpha value is -2.04. The van der Waals surface area contributed by atoms with E-state index in [0.29, 0.717) is 17.1 Å². The quantitative estimate of drug-likeness (QED) is 0.464. The van der Waals surface area contributed by atoms with Gasteiger partial charge in [-0.1, -0.05) is 0 Å². The zero-order chi connectivity index (χ0) is 13.1. The van der Waals surface area contributed by atoms with Gasteiger partial charge >= 0.3 is 5.97 Å². The van der Waals surface area contributed by atoms with Crippen molar-refractivity contribution >= 4 is 11.8 Å². The van der Waals surface area contributed by atoms with E-state index in [1.165, 1.54) is 0 Å². The van der Waals surface area contributed by atoms with Crippen LogP contribution in [0, 0.1) is 0 Å². The van der Waals surface area contributed by atoms with Crippen molar-refractivity contribution in [2.75, 3.05) is 6.79 Å². The number of fused-ring (bicyclic) bond motifs is 1. The van der Waals surface area contributed by atoms with E-state index >= 15 is 0 Å².